The number of carbonyl (C=O) groups excluding carboxylic acids is 1. The summed E-state index contributed by atoms with van der Waals surface area (Å²) in [5, 5.41) is 5.95. The second kappa shape index (κ2) is 7.07. The molecule has 128 valence electrons. The number of aromatic nitrogens is 2. The Morgan fingerprint density at radius 3 is 2.83 bits per heavy atom. The Morgan fingerprint density at radius 1 is 1.33 bits per heavy atom. The predicted octanol–water partition coefficient (Wildman–Crippen LogP) is 3.97. The van der Waals surface area contributed by atoms with Gasteiger partial charge in [-0.25, -0.2) is 9.78 Å². The maximum absolute atomic E-state index is 12.1. The standard InChI is InChI=1S/C19H26N4O/c1-13(2)18-20-9-10-23(18)12-15-5-4-6-17(11-15)22-19(24)21-14(3)16-7-8-16/h4-6,9-11,13-14,16H,7-8,12H2,1-3H3,(H2,21,22,24). The van der Waals surface area contributed by atoms with Crippen molar-refractivity contribution in [3.05, 3.63) is 48.0 Å². The lowest BCUT2D eigenvalue weighted by atomic mass is 10.1. The molecule has 0 radical (unpaired) electrons. The zero-order valence-corrected chi connectivity index (χ0v) is 14.6. The lowest BCUT2D eigenvalue weighted by molar-refractivity contribution is 0.248. The minimum Gasteiger partial charge on any atom is -0.335 e. The molecule has 1 heterocycles. The van der Waals surface area contributed by atoms with Crippen molar-refractivity contribution < 1.29 is 4.79 Å². The summed E-state index contributed by atoms with van der Waals surface area (Å²) in [4.78, 5) is 16.5. The number of benzene rings is 1. The Hall–Kier alpha value is -2.30. The Morgan fingerprint density at radius 2 is 2.12 bits per heavy atom. The van der Waals surface area contributed by atoms with Crippen molar-refractivity contribution in [3.63, 3.8) is 0 Å². The average molecular weight is 326 g/mol. The van der Waals surface area contributed by atoms with Crippen molar-refractivity contribution in [2.75, 3.05) is 5.32 Å². The Bertz CT molecular complexity index is 703. The number of anilines is 1. The fourth-order valence-electron chi connectivity index (χ4n) is 2.99. The van der Waals surface area contributed by atoms with Crippen LogP contribution in [0.4, 0.5) is 10.5 Å². The quantitative estimate of drug-likeness (QED) is 0.843. The molecule has 1 saturated carbocycles. The third-order valence-corrected chi connectivity index (χ3v) is 4.49. The maximum atomic E-state index is 12.1. The first-order valence-electron chi connectivity index (χ1n) is 8.70. The van der Waals surface area contributed by atoms with Gasteiger partial charge in [-0.1, -0.05) is 26.0 Å². The van der Waals surface area contributed by atoms with E-state index in [1.807, 2.05) is 30.6 Å². The molecule has 5 nitrogen and oxygen atoms in total. The minimum absolute atomic E-state index is 0.128. The van der Waals surface area contributed by atoms with Gasteiger partial charge in [0, 0.05) is 36.6 Å². The van der Waals surface area contributed by atoms with Crippen LogP contribution in [-0.4, -0.2) is 21.6 Å². The molecule has 1 unspecified atom stereocenters. The summed E-state index contributed by atoms with van der Waals surface area (Å²) in [6.45, 7) is 7.10. The molecule has 5 heteroatoms. The van der Waals surface area contributed by atoms with E-state index >= 15 is 0 Å². The molecular formula is C19H26N4O. The smallest absolute Gasteiger partial charge is 0.319 e. The summed E-state index contributed by atoms with van der Waals surface area (Å²) >= 11 is 0. The number of nitrogens with zero attached hydrogens (tertiary/aromatic N) is 2. The summed E-state index contributed by atoms with van der Waals surface area (Å²) in [6, 6.07) is 8.10. The lowest BCUT2D eigenvalue weighted by Crippen LogP contribution is -2.37. The summed E-state index contributed by atoms with van der Waals surface area (Å²) in [7, 11) is 0. The fraction of sp³-hybridized carbons (Fsp3) is 0.474. The van der Waals surface area contributed by atoms with Gasteiger partial charge in [0.25, 0.3) is 0 Å². The van der Waals surface area contributed by atoms with Crippen LogP contribution in [0.5, 0.6) is 0 Å². The van der Waals surface area contributed by atoms with E-state index in [1.54, 1.807) is 0 Å². The van der Waals surface area contributed by atoms with Crippen LogP contribution < -0.4 is 10.6 Å². The number of amides is 2. The molecule has 1 fully saturated rings. The molecule has 2 amide bonds. The first-order valence-corrected chi connectivity index (χ1v) is 8.70. The van der Waals surface area contributed by atoms with Crippen molar-refractivity contribution in [3.8, 4) is 0 Å². The highest BCUT2D eigenvalue weighted by Gasteiger charge is 2.28. The van der Waals surface area contributed by atoms with Crippen LogP contribution in [0.2, 0.25) is 0 Å². The predicted molar refractivity (Wildman–Crippen MR) is 96.2 cm³/mol. The molecule has 24 heavy (non-hydrogen) atoms. The lowest BCUT2D eigenvalue weighted by Gasteiger charge is -2.15. The maximum Gasteiger partial charge on any atom is 0.319 e. The van der Waals surface area contributed by atoms with Crippen LogP contribution in [0.1, 0.15) is 50.9 Å². The molecule has 2 aromatic rings. The van der Waals surface area contributed by atoms with Crippen LogP contribution in [0, 0.1) is 5.92 Å². The number of urea groups is 1. The highest BCUT2D eigenvalue weighted by Crippen LogP contribution is 2.32. The highest BCUT2D eigenvalue weighted by molar-refractivity contribution is 5.89. The van der Waals surface area contributed by atoms with Crippen molar-refractivity contribution in [2.45, 2.75) is 52.1 Å². The zero-order chi connectivity index (χ0) is 17.1. The molecule has 0 aliphatic heterocycles. The monoisotopic (exact) mass is 326 g/mol. The van der Waals surface area contributed by atoms with Crippen LogP contribution in [0.15, 0.2) is 36.7 Å². The first-order chi connectivity index (χ1) is 11.5. The number of imidazole rings is 1. The molecule has 1 atom stereocenters. The summed E-state index contributed by atoms with van der Waals surface area (Å²) in [5.41, 5.74) is 1.96. The average Bonchev–Trinajstić information content (AvgIpc) is 3.27. The van der Waals surface area contributed by atoms with E-state index in [1.165, 1.54) is 12.8 Å². The molecular weight excluding hydrogens is 300 g/mol. The van der Waals surface area contributed by atoms with Crippen LogP contribution >= 0.6 is 0 Å². The van der Waals surface area contributed by atoms with Crippen LogP contribution in [-0.2, 0) is 6.54 Å². The van der Waals surface area contributed by atoms with Gasteiger partial charge in [-0.15, -0.1) is 0 Å². The second-order valence-corrected chi connectivity index (χ2v) is 6.99. The van der Waals surface area contributed by atoms with Gasteiger partial charge >= 0.3 is 6.03 Å². The molecule has 0 saturated heterocycles. The molecule has 1 aromatic carbocycles. The summed E-state index contributed by atoms with van der Waals surface area (Å²) < 4.78 is 2.15. The summed E-state index contributed by atoms with van der Waals surface area (Å²) in [5.74, 6) is 2.11. The van der Waals surface area contributed by atoms with E-state index in [0.29, 0.717) is 11.8 Å². The normalized spacial score (nSPS) is 15.3. The number of nitrogens with one attached hydrogen (secondary N) is 2. The minimum atomic E-state index is -0.128. The van der Waals surface area contributed by atoms with Gasteiger partial charge in [0.2, 0.25) is 0 Å². The Labute approximate surface area is 143 Å². The van der Waals surface area contributed by atoms with Gasteiger partial charge in [0.15, 0.2) is 0 Å². The SMILES string of the molecule is CC(C)c1nccn1Cc1cccc(NC(=O)NC(C)C2CC2)c1. The van der Waals surface area contributed by atoms with E-state index < -0.39 is 0 Å². The number of hydrogen-bond acceptors (Lipinski definition) is 2. The molecule has 0 bridgehead atoms. The number of carbonyl (C=O) groups is 1. The van der Waals surface area contributed by atoms with E-state index in [2.05, 4.69) is 47.0 Å². The van der Waals surface area contributed by atoms with Gasteiger partial charge in [-0.05, 0) is 43.4 Å². The number of rotatable bonds is 6. The summed E-state index contributed by atoms with van der Waals surface area (Å²) in [6.07, 6.45) is 6.28. The van der Waals surface area contributed by atoms with Crippen molar-refractivity contribution in [1.82, 2.24) is 14.9 Å². The molecule has 2 N–H and O–H groups in total. The van der Waals surface area contributed by atoms with Crippen molar-refractivity contribution in [1.29, 1.82) is 0 Å². The molecule has 1 aliphatic carbocycles. The van der Waals surface area contributed by atoms with Crippen molar-refractivity contribution in [2.24, 2.45) is 5.92 Å². The molecule has 1 aliphatic rings. The van der Waals surface area contributed by atoms with Crippen LogP contribution in [0.25, 0.3) is 0 Å². The second-order valence-electron chi connectivity index (χ2n) is 6.99. The van der Waals surface area contributed by atoms with E-state index in [4.69, 9.17) is 0 Å². The van der Waals surface area contributed by atoms with Crippen LogP contribution in [0.3, 0.4) is 0 Å². The highest BCUT2D eigenvalue weighted by atomic mass is 16.2. The molecule has 1 aromatic heterocycles. The van der Waals surface area contributed by atoms with E-state index in [9.17, 15) is 4.79 Å². The van der Waals surface area contributed by atoms with Crippen molar-refractivity contribution >= 4 is 11.7 Å². The van der Waals surface area contributed by atoms with Gasteiger partial charge in [0.05, 0.1) is 0 Å². The Balaban J connectivity index is 1.63. The van der Waals surface area contributed by atoms with Gasteiger partial charge in [0.1, 0.15) is 5.82 Å². The first kappa shape index (κ1) is 16.6. The zero-order valence-electron chi connectivity index (χ0n) is 14.6. The van der Waals surface area contributed by atoms with Gasteiger partial charge < -0.3 is 15.2 Å². The van der Waals surface area contributed by atoms with Gasteiger partial charge in [-0.2, -0.15) is 0 Å². The molecule has 0 spiro atoms. The Kier molecular flexibility index (Phi) is 4.88. The fourth-order valence-corrected chi connectivity index (χ4v) is 2.99. The third-order valence-electron chi connectivity index (χ3n) is 4.49. The van der Waals surface area contributed by atoms with E-state index in [0.717, 1.165) is 23.6 Å². The third kappa shape index (κ3) is 4.16. The van der Waals surface area contributed by atoms with Gasteiger partial charge in [-0.3, -0.25) is 0 Å². The van der Waals surface area contributed by atoms with E-state index in [-0.39, 0.29) is 12.1 Å². The number of hydrogen-bond donors (Lipinski definition) is 2. The topological polar surface area (TPSA) is 59.0 Å². The molecule has 3 rings (SSSR count). The largest absolute Gasteiger partial charge is 0.335 e.